The average Bonchev–Trinajstić information content (AvgIpc) is 3.15. The van der Waals surface area contributed by atoms with Crippen molar-refractivity contribution < 1.29 is 18.0 Å². The normalized spacial score (nSPS) is 15.0. The van der Waals surface area contributed by atoms with Gasteiger partial charge in [-0.05, 0) is 25.3 Å². The molecular formula is C23H31N3O4S2. The van der Waals surface area contributed by atoms with Gasteiger partial charge in [0.2, 0.25) is 0 Å². The van der Waals surface area contributed by atoms with Gasteiger partial charge in [-0.15, -0.1) is 17.9 Å². The maximum absolute atomic E-state index is 13.5. The van der Waals surface area contributed by atoms with E-state index in [1.165, 1.54) is 11.3 Å². The van der Waals surface area contributed by atoms with Crippen molar-refractivity contribution in [1.29, 1.82) is 0 Å². The van der Waals surface area contributed by atoms with E-state index < -0.39 is 15.9 Å². The lowest BCUT2D eigenvalue weighted by molar-refractivity contribution is 0.0729. The monoisotopic (exact) mass is 477 g/mol. The number of anilines is 1. The maximum Gasteiger partial charge on any atom is 0.320 e. The number of unbranched alkanes of at least 4 members (excludes halogenated alkanes) is 2. The molecule has 0 atom stereocenters. The largest absolute Gasteiger partial charge is 0.338 e. The van der Waals surface area contributed by atoms with Gasteiger partial charge in [0.15, 0.2) is 9.84 Å². The summed E-state index contributed by atoms with van der Waals surface area (Å²) in [4.78, 5) is 27.4. The second-order valence-electron chi connectivity index (χ2n) is 7.99. The van der Waals surface area contributed by atoms with Gasteiger partial charge in [-0.3, -0.25) is 10.1 Å². The number of urea groups is 1. The van der Waals surface area contributed by atoms with Crippen LogP contribution in [0, 0.1) is 0 Å². The van der Waals surface area contributed by atoms with Crippen LogP contribution in [0.25, 0.3) is 10.1 Å². The fourth-order valence-corrected chi connectivity index (χ4v) is 6.91. The minimum absolute atomic E-state index is 0.177. The molecule has 2 N–H and O–H groups in total. The Morgan fingerprint density at radius 2 is 1.94 bits per heavy atom. The molecule has 1 aromatic heterocycles. The van der Waals surface area contributed by atoms with Crippen LogP contribution < -0.4 is 10.6 Å². The molecule has 3 amide bonds. The Kier molecular flexibility index (Phi) is 8.31. The molecule has 1 fully saturated rings. The number of carbonyl (C=O) groups excluding carboxylic acids is 2. The van der Waals surface area contributed by atoms with Crippen molar-refractivity contribution in [3.8, 4) is 0 Å². The zero-order chi connectivity index (χ0) is 23.1. The molecule has 1 saturated heterocycles. The summed E-state index contributed by atoms with van der Waals surface area (Å²) in [6, 6.07) is 7.14. The molecule has 0 spiro atoms. The van der Waals surface area contributed by atoms with Gasteiger partial charge in [0.25, 0.3) is 5.91 Å². The van der Waals surface area contributed by atoms with Crippen LogP contribution in [0.3, 0.4) is 0 Å². The van der Waals surface area contributed by atoms with Crippen LogP contribution >= 0.6 is 11.3 Å². The quantitative estimate of drug-likeness (QED) is 0.413. The number of rotatable bonds is 9. The van der Waals surface area contributed by atoms with E-state index in [2.05, 4.69) is 24.1 Å². The van der Waals surface area contributed by atoms with Gasteiger partial charge in [0, 0.05) is 29.7 Å². The molecule has 7 nitrogen and oxygen atoms in total. The SMILES string of the molecule is C=CCNC(=O)Nc1sc2ccccc2c1C(=O)N1CCC(S(=O)(=O)CCCCC)CC1. The van der Waals surface area contributed by atoms with Crippen LogP contribution in [0.2, 0.25) is 0 Å². The molecule has 1 aliphatic rings. The second-order valence-corrected chi connectivity index (χ2v) is 11.4. The number of benzene rings is 1. The first-order chi connectivity index (χ1) is 15.4. The highest BCUT2D eigenvalue weighted by Gasteiger charge is 2.33. The molecule has 9 heteroatoms. The number of thiophene rings is 1. The summed E-state index contributed by atoms with van der Waals surface area (Å²) in [7, 11) is -3.14. The zero-order valence-electron chi connectivity index (χ0n) is 18.4. The highest BCUT2D eigenvalue weighted by Crippen LogP contribution is 2.37. The zero-order valence-corrected chi connectivity index (χ0v) is 20.1. The van der Waals surface area contributed by atoms with Crippen LogP contribution in [-0.2, 0) is 9.84 Å². The number of carbonyl (C=O) groups is 2. The van der Waals surface area contributed by atoms with Gasteiger partial charge in [-0.2, -0.15) is 0 Å². The molecule has 174 valence electrons. The lowest BCUT2D eigenvalue weighted by Crippen LogP contribution is -2.43. The molecular weight excluding hydrogens is 446 g/mol. The predicted octanol–water partition coefficient (Wildman–Crippen LogP) is 4.42. The number of amides is 3. The summed E-state index contributed by atoms with van der Waals surface area (Å²) in [5.74, 6) is 0.0472. The Balaban J connectivity index is 1.75. The smallest absolute Gasteiger partial charge is 0.320 e. The minimum Gasteiger partial charge on any atom is -0.338 e. The van der Waals surface area contributed by atoms with Crippen molar-refractivity contribution in [2.24, 2.45) is 0 Å². The topological polar surface area (TPSA) is 95.6 Å². The third-order valence-electron chi connectivity index (χ3n) is 5.71. The highest BCUT2D eigenvalue weighted by atomic mass is 32.2. The molecule has 0 unspecified atom stereocenters. The van der Waals surface area contributed by atoms with Crippen LogP contribution in [-0.4, -0.2) is 55.9 Å². The fraction of sp³-hybridized carbons (Fsp3) is 0.478. The van der Waals surface area contributed by atoms with Crippen molar-refractivity contribution in [2.75, 3.05) is 30.7 Å². The Bertz CT molecular complexity index is 1070. The summed E-state index contributed by atoms with van der Waals surface area (Å²) in [5.41, 5.74) is 0.462. The van der Waals surface area contributed by atoms with Crippen LogP contribution in [0.5, 0.6) is 0 Å². The molecule has 32 heavy (non-hydrogen) atoms. The Hall–Kier alpha value is -2.39. The lowest BCUT2D eigenvalue weighted by atomic mass is 10.1. The van der Waals surface area contributed by atoms with E-state index in [-0.39, 0.29) is 16.9 Å². The fourth-order valence-electron chi connectivity index (χ4n) is 3.95. The van der Waals surface area contributed by atoms with Gasteiger partial charge in [-0.25, -0.2) is 13.2 Å². The Labute approximate surface area is 193 Å². The van der Waals surface area contributed by atoms with Crippen molar-refractivity contribution in [3.63, 3.8) is 0 Å². The summed E-state index contributed by atoms with van der Waals surface area (Å²) in [5, 5.41) is 6.35. The van der Waals surface area contributed by atoms with Crippen molar-refractivity contribution in [1.82, 2.24) is 10.2 Å². The Morgan fingerprint density at radius 3 is 2.62 bits per heavy atom. The number of hydrogen-bond acceptors (Lipinski definition) is 5. The van der Waals surface area contributed by atoms with Crippen LogP contribution in [0.4, 0.5) is 9.80 Å². The van der Waals surface area contributed by atoms with Gasteiger partial charge in [-0.1, -0.05) is 44.0 Å². The predicted molar refractivity (Wildman–Crippen MR) is 131 cm³/mol. The van der Waals surface area contributed by atoms with Crippen molar-refractivity contribution >= 4 is 48.2 Å². The van der Waals surface area contributed by atoms with E-state index in [4.69, 9.17) is 0 Å². The van der Waals surface area contributed by atoms with E-state index in [1.807, 2.05) is 24.3 Å². The summed E-state index contributed by atoms with van der Waals surface area (Å²) in [6.07, 6.45) is 5.07. The van der Waals surface area contributed by atoms with Gasteiger partial charge >= 0.3 is 6.03 Å². The van der Waals surface area contributed by atoms with Crippen LogP contribution in [0.1, 0.15) is 49.4 Å². The molecule has 0 bridgehead atoms. The minimum atomic E-state index is -3.14. The number of piperidine rings is 1. The van der Waals surface area contributed by atoms with E-state index in [0.717, 1.165) is 22.9 Å². The summed E-state index contributed by atoms with van der Waals surface area (Å²) in [6.45, 7) is 6.74. The average molecular weight is 478 g/mol. The number of nitrogens with one attached hydrogen (secondary N) is 2. The van der Waals surface area contributed by atoms with Crippen LogP contribution in [0.15, 0.2) is 36.9 Å². The molecule has 2 heterocycles. The molecule has 3 rings (SSSR count). The molecule has 2 aromatic rings. The molecule has 1 aliphatic heterocycles. The van der Waals surface area contributed by atoms with E-state index in [1.54, 1.807) is 11.0 Å². The summed E-state index contributed by atoms with van der Waals surface area (Å²) >= 11 is 1.35. The Morgan fingerprint density at radius 1 is 1.22 bits per heavy atom. The number of sulfone groups is 1. The first kappa shape index (κ1) is 24.3. The number of likely N-dealkylation sites (tertiary alicyclic amines) is 1. The van der Waals surface area contributed by atoms with E-state index in [9.17, 15) is 18.0 Å². The maximum atomic E-state index is 13.5. The second kappa shape index (κ2) is 11.0. The molecule has 1 aromatic carbocycles. The van der Waals surface area contributed by atoms with Gasteiger partial charge < -0.3 is 10.2 Å². The van der Waals surface area contributed by atoms with Gasteiger partial charge in [0.1, 0.15) is 5.00 Å². The number of hydrogen-bond donors (Lipinski definition) is 2. The lowest BCUT2D eigenvalue weighted by Gasteiger charge is -2.32. The van der Waals surface area contributed by atoms with Crippen molar-refractivity contribution in [3.05, 3.63) is 42.5 Å². The summed E-state index contributed by atoms with van der Waals surface area (Å²) < 4.78 is 26.2. The van der Waals surface area contributed by atoms with E-state index in [0.29, 0.717) is 49.5 Å². The number of fused-ring (bicyclic) bond motifs is 1. The van der Waals surface area contributed by atoms with Gasteiger partial charge in [0.05, 0.1) is 16.6 Å². The van der Waals surface area contributed by atoms with E-state index >= 15 is 0 Å². The van der Waals surface area contributed by atoms with Crippen molar-refractivity contribution in [2.45, 2.75) is 44.3 Å². The molecule has 0 radical (unpaired) electrons. The molecule has 0 aliphatic carbocycles. The third kappa shape index (κ3) is 5.69. The first-order valence-corrected chi connectivity index (χ1v) is 13.6. The highest BCUT2D eigenvalue weighted by molar-refractivity contribution is 7.92. The third-order valence-corrected chi connectivity index (χ3v) is 9.14. The number of nitrogens with zero attached hydrogens (tertiary/aromatic N) is 1. The first-order valence-electron chi connectivity index (χ1n) is 11.1. The molecule has 0 saturated carbocycles. The standard InChI is InChI=1S/C23H31N3O4S2/c1-3-5-8-16-32(29,30)17-11-14-26(15-12-17)22(27)20-18-9-6-7-10-19(18)31-21(20)25-23(28)24-13-4-2/h4,6-7,9-10,17H,2-3,5,8,11-16H2,1H3,(H2,24,25,28).